The van der Waals surface area contributed by atoms with Gasteiger partial charge in [0, 0.05) is 5.92 Å². The summed E-state index contributed by atoms with van der Waals surface area (Å²) < 4.78 is 6.64. The Morgan fingerprint density at radius 1 is 0.903 bits per heavy atom. The molecule has 0 spiro atoms. The van der Waals surface area contributed by atoms with Gasteiger partial charge in [0.15, 0.2) is 0 Å². The molecule has 5 atom stereocenters. The number of hydrogen-bond donors (Lipinski definition) is 1. The van der Waals surface area contributed by atoms with Crippen molar-refractivity contribution in [1.82, 2.24) is 0 Å². The number of aliphatic hydroxyl groups excluding tert-OH is 1. The lowest BCUT2D eigenvalue weighted by Gasteiger charge is -2.43. The second-order valence-electron chi connectivity index (χ2n) is 11.8. The first kappa shape index (κ1) is 26.5. The van der Waals surface area contributed by atoms with Crippen molar-refractivity contribution in [3.8, 4) is 0 Å². The molecule has 1 saturated heterocycles. The fourth-order valence-corrected chi connectivity index (χ4v) is 5.53. The van der Waals surface area contributed by atoms with Gasteiger partial charge in [0.05, 0.1) is 6.10 Å². The highest BCUT2D eigenvalue weighted by molar-refractivity contribution is 5.43. The molecule has 180 valence electrons. The highest BCUT2D eigenvalue weighted by atomic mass is 16.5. The van der Waals surface area contributed by atoms with Crippen LogP contribution in [-0.4, -0.2) is 16.8 Å². The van der Waals surface area contributed by atoms with Gasteiger partial charge in [0.2, 0.25) is 0 Å². The van der Waals surface area contributed by atoms with Crippen LogP contribution >= 0.6 is 0 Å². The van der Waals surface area contributed by atoms with Crippen molar-refractivity contribution in [1.29, 1.82) is 0 Å². The molecule has 2 rings (SSSR count). The average Bonchev–Trinajstić information content (AvgIpc) is 2.70. The van der Waals surface area contributed by atoms with Crippen molar-refractivity contribution in [2.24, 2.45) is 23.7 Å². The zero-order valence-electron chi connectivity index (χ0n) is 22.0. The highest BCUT2D eigenvalue weighted by Crippen LogP contribution is 2.45. The Bertz CT molecular complexity index is 629. The molecule has 1 aliphatic heterocycles. The summed E-state index contributed by atoms with van der Waals surface area (Å²) in [7, 11) is 0. The molecule has 0 radical (unpaired) electrons. The predicted molar refractivity (Wildman–Crippen MR) is 134 cm³/mol. The van der Waals surface area contributed by atoms with E-state index in [0.717, 1.165) is 48.3 Å². The van der Waals surface area contributed by atoms with E-state index in [-0.39, 0.29) is 17.6 Å². The van der Waals surface area contributed by atoms with Crippen molar-refractivity contribution < 1.29 is 9.84 Å². The van der Waals surface area contributed by atoms with Gasteiger partial charge in [-0.05, 0) is 80.9 Å². The number of rotatable bonds is 12. The smallest absolute Gasteiger partial charge is 0.122 e. The van der Waals surface area contributed by atoms with Gasteiger partial charge in [-0.25, -0.2) is 0 Å². The maximum atomic E-state index is 10.5. The monoisotopic (exact) mass is 432 g/mol. The second kappa shape index (κ2) is 11.9. The molecule has 31 heavy (non-hydrogen) atoms. The van der Waals surface area contributed by atoms with E-state index in [1.165, 1.54) is 62.5 Å². The van der Waals surface area contributed by atoms with Crippen molar-refractivity contribution in [3.63, 3.8) is 0 Å². The molecule has 1 aliphatic carbocycles. The molecule has 2 heteroatoms. The Labute approximate surface area is 193 Å². The third kappa shape index (κ3) is 7.65. The molecular weight excluding hydrogens is 380 g/mol. The Kier molecular flexibility index (Phi) is 10.2. The molecule has 0 saturated carbocycles. The van der Waals surface area contributed by atoms with Crippen LogP contribution in [0.4, 0.5) is 0 Å². The normalized spacial score (nSPS) is 28.6. The number of allylic oxidation sites excluding steroid dienone is 1. The predicted octanol–water partition coefficient (Wildman–Crippen LogP) is 8.60. The number of fused-ring (bicyclic) bond motifs is 1. The van der Waals surface area contributed by atoms with Crippen LogP contribution in [0.2, 0.25) is 0 Å². The molecule has 1 heterocycles. The molecule has 0 aromatic rings. The molecule has 1 fully saturated rings. The Morgan fingerprint density at radius 3 is 2.03 bits per heavy atom. The SMILES string of the molecule is CC1=C2OC(C)(CCCC(C)CCCC(C)CCCC(C)C)CCC2=C(C)C(O)C1C. The Morgan fingerprint density at radius 2 is 1.45 bits per heavy atom. The molecule has 0 amide bonds. The lowest BCUT2D eigenvalue weighted by Crippen LogP contribution is -2.37. The first-order chi connectivity index (χ1) is 14.5. The fourth-order valence-electron chi connectivity index (χ4n) is 5.53. The lowest BCUT2D eigenvalue weighted by molar-refractivity contribution is -0.0175. The van der Waals surface area contributed by atoms with E-state index in [1.54, 1.807) is 0 Å². The van der Waals surface area contributed by atoms with Gasteiger partial charge in [0.25, 0.3) is 0 Å². The molecule has 0 aromatic carbocycles. The van der Waals surface area contributed by atoms with Crippen molar-refractivity contribution >= 4 is 0 Å². The van der Waals surface area contributed by atoms with E-state index in [4.69, 9.17) is 4.74 Å². The number of aliphatic hydroxyl groups is 1. The highest BCUT2D eigenvalue weighted by Gasteiger charge is 2.39. The van der Waals surface area contributed by atoms with E-state index in [1.807, 2.05) is 0 Å². The number of hydrogen-bond acceptors (Lipinski definition) is 2. The first-order valence-electron chi connectivity index (χ1n) is 13.3. The number of ether oxygens (including phenoxy) is 1. The molecule has 5 unspecified atom stereocenters. The zero-order chi connectivity index (χ0) is 23.2. The summed E-state index contributed by atoms with van der Waals surface area (Å²) in [6, 6.07) is 0. The largest absolute Gasteiger partial charge is 0.487 e. The third-order valence-corrected chi connectivity index (χ3v) is 8.24. The van der Waals surface area contributed by atoms with Crippen molar-refractivity contribution in [3.05, 3.63) is 22.5 Å². The van der Waals surface area contributed by atoms with Crippen molar-refractivity contribution in [2.45, 2.75) is 138 Å². The van der Waals surface area contributed by atoms with Crippen LogP contribution in [0.1, 0.15) is 126 Å². The summed E-state index contributed by atoms with van der Waals surface area (Å²) in [5.74, 6) is 3.82. The molecule has 0 bridgehead atoms. The molecule has 2 aliphatic rings. The van der Waals surface area contributed by atoms with Gasteiger partial charge in [-0.1, -0.05) is 79.6 Å². The standard InChI is InChI=1S/C29H52O2/c1-20(2)12-9-13-21(3)14-10-15-22(4)16-11-18-29(8)19-17-26-25(7)27(30)23(5)24(6)28(26)31-29/h20-23,27,30H,9-19H2,1-8H3. The lowest BCUT2D eigenvalue weighted by atomic mass is 9.77. The fraction of sp³-hybridized carbons (Fsp3) is 0.862. The van der Waals surface area contributed by atoms with Crippen LogP contribution in [0.3, 0.4) is 0 Å². The summed E-state index contributed by atoms with van der Waals surface area (Å²) in [4.78, 5) is 0. The van der Waals surface area contributed by atoms with Crippen molar-refractivity contribution in [2.75, 3.05) is 0 Å². The summed E-state index contributed by atoms with van der Waals surface area (Å²) in [6.45, 7) is 18.2. The first-order valence-corrected chi connectivity index (χ1v) is 13.3. The minimum Gasteiger partial charge on any atom is -0.487 e. The molecular formula is C29H52O2. The summed E-state index contributed by atoms with van der Waals surface area (Å²) in [5.41, 5.74) is 3.58. The summed E-state index contributed by atoms with van der Waals surface area (Å²) in [5, 5.41) is 10.5. The van der Waals surface area contributed by atoms with Crippen LogP contribution < -0.4 is 0 Å². The third-order valence-electron chi connectivity index (χ3n) is 8.24. The minimum atomic E-state index is -0.342. The van der Waals surface area contributed by atoms with Gasteiger partial charge in [-0.15, -0.1) is 0 Å². The molecule has 2 nitrogen and oxygen atoms in total. The van der Waals surface area contributed by atoms with E-state index in [0.29, 0.717) is 0 Å². The van der Waals surface area contributed by atoms with Gasteiger partial charge in [-0.2, -0.15) is 0 Å². The maximum Gasteiger partial charge on any atom is 0.122 e. The summed E-state index contributed by atoms with van der Waals surface area (Å²) >= 11 is 0. The van der Waals surface area contributed by atoms with Crippen LogP contribution in [0.15, 0.2) is 22.5 Å². The van der Waals surface area contributed by atoms with Crippen LogP contribution in [0, 0.1) is 23.7 Å². The van der Waals surface area contributed by atoms with Crippen LogP contribution in [-0.2, 0) is 4.74 Å². The van der Waals surface area contributed by atoms with E-state index >= 15 is 0 Å². The van der Waals surface area contributed by atoms with Gasteiger partial charge in [0.1, 0.15) is 11.4 Å². The van der Waals surface area contributed by atoms with Gasteiger partial charge in [-0.3, -0.25) is 0 Å². The van der Waals surface area contributed by atoms with E-state index < -0.39 is 0 Å². The van der Waals surface area contributed by atoms with Gasteiger partial charge < -0.3 is 9.84 Å². The molecule has 0 aromatic heterocycles. The van der Waals surface area contributed by atoms with Gasteiger partial charge >= 0.3 is 0 Å². The van der Waals surface area contributed by atoms with E-state index in [9.17, 15) is 5.11 Å². The minimum absolute atomic E-state index is 0.0486. The quantitative estimate of drug-likeness (QED) is 0.334. The zero-order valence-corrected chi connectivity index (χ0v) is 22.0. The van der Waals surface area contributed by atoms with Crippen LogP contribution in [0.25, 0.3) is 0 Å². The Hall–Kier alpha value is -0.760. The average molecular weight is 433 g/mol. The summed E-state index contributed by atoms with van der Waals surface area (Å²) in [6.07, 6.45) is 13.8. The topological polar surface area (TPSA) is 29.5 Å². The Balaban J connectivity index is 1.71. The maximum absolute atomic E-state index is 10.5. The van der Waals surface area contributed by atoms with E-state index in [2.05, 4.69) is 55.4 Å². The second-order valence-corrected chi connectivity index (χ2v) is 11.8. The van der Waals surface area contributed by atoms with Crippen LogP contribution in [0.5, 0.6) is 0 Å². The molecule has 1 N–H and O–H groups in total.